The van der Waals surface area contributed by atoms with Crippen LogP contribution in [0.3, 0.4) is 0 Å². The molecular formula is C14H14Cl2N2O2S. The molecule has 0 aromatic heterocycles. The maximum atomic E-state index is 11.1. The molecule has 0 spiro atoms. The van der Waals surface area contributed by atoms with E-state index in [-0.39, 0.29) is 0 Å². The van der Waals surface area contributed by atoms with Gasteiger partial charge in [-0.2, -0.15) is 0 Å². The van der Waals surface area contributed by atoms with Gasteiger partial charge in [0.05, 0.1) is 16.3 Å². The number of sulfonamides is 1. The van der Waals surface area contributed by atoms with Crippen LogP contribution in [0.2, 0.25) is 10.0 Å². The first-order valence-electron chi connectivity index (χ1n) is 6.09. The molecule has 0 aliphatic carbocycles. The Kier molecular flexibility index (Phi) is 4.98. The van der Waals surface area contributed by atoms with Gasteiger partial charge in [0.1, 0.15) is 0 Å². The number of nitrogens with one attached hydrogen (secondary N) is 2. The van der Waals surface area contributed by atoms with Crippen LogP contribution in [0.25, 0.3) is 0 Å². The second kappa shape index (κ2) is 6.56. The number of hydrogen-bond acceptors (Lipinski definition) is 3. The first-order chi connectivity index (χ1) is 9.83. The molecule has 0 amide bonds. The molecule has 2 N–H and O–H groups in total. The first-order valence-corrected chi connectivity index (χ1v) is 8.74. The minimum absolute atomic E-state index is 0.517. The van der Waals surface area contributed by atoms with Crippen molar-refractivity contribution >= 4 is 44.6 Å². The van der Waals surface area contributed by atoms with Crippen molar-refractivity contribution in [1.29, 1.82) is 0 Å². The van der Waals surface area contributed by atoms with Gasteiger partial charge >= 0.3 is 0 Å². The van der Waals surface area contributed by atoms with Crippen molar-refractivity contribution < 1.29 is 8.42 Å². The molecule has 0 radical (unpaired) electrons. The van der Waals surface area contributed by atoms with E-state index in [1.165, 1.54) is 0 Å². The fourth-order valence-electron chi connectivity index (χ4n) is 1.72. The minimum Gasteiger partial charge on any atom is -0.381 e. The Morgan fingerprint density at radius 2 is 1.57 bits per heavy atom. The van der Waals surface area contributed by atoms with Crippen LogP contribution in [0.5, 0.6) is 0 Å². The lowest BCUT2D eigenvalue weighted by atomic mass is 10.2. The lowest BCUT2D eigenvalue weighted by molar-refractivity contribution is 0.607. The van der Waals surface area contributed by atoms with Gasteiger partial charge in [-0.3, -0.25) is 4.72 Å². The number of benzene rings is 2. The summed E-state index contributed by atoms with van der Waals surface area (Å²) in [7, 11) is -3.25. The Morgan fingerprint density at radius 1 is 0.952 bits per heavy atom. The van der Waals surface area contributed by atoms with E-state index in [1.807, 2.05) is 6.07 Å². The van der Waals surface area contributed by atoms with E-state index in [4.69, 9.17) is 23.2 Å². The second-order valence-electron chi connectivity index (χ2n) is 4.55. The van der Waals surface area contributed by atoms with Crippen LogP contribution in [-0.4, -0.2) is 14.7 Å². The molecular weight excluding hydrogens is 331 g/mol. The van der Waals surface area contributed by atoms with Gasteiger partial charge < -0.3 is 5.32 Å². The average molecular weight is 345 g/mol. The highest BCUT2D eigenvalue weighted by Gasteiger charge is 2.02. The van der Waals surface area contributed by atoms with E-state index < -0.39 is 10.0 Å². The molecule has 0 unspecified atom stereocenters. The Labute approximate surface area is 134 Å². The van der Waals surface area contributed by atoms with E-state index in [1.54, 1.807) is 36.4 Å². The third-order valence-corrected chi connectivity index (χ3v) is 4.01. The van der Waals surface area contributed by atoms with Crippen LogP contribution < -0.4 is 10.0 Å². The van der Waals surface area contributed by atoms with Gasteiger partial charge in [-0.05, 0) is 42.0 Å². The first kappa shape index (κ1) is 15.9. The van der Waals surface area contributed by atoms with Gasteiger partial charge in [-0.15, -0.1) is 0 Å². The van der Waals surface area contributed by atoms with Crippen molar-refractivity contribution in [2.45, 2.75) is 6.54 Å². The van der Waals surface area contributed by atoms with Gasteiger partial charge in [0.15, 0.2) is 0 Å². The number of rotatable bonds is 5. The normalized spacial score (nSPS) is 11.2. The summed E-state index contributed by atoms with van der Waals surface area (Å²) in [5.41, 5.74) is 2.40. The summed E-state index contributed by atoms with van der Waals surface area (Å²) in [5, 5.41) is 4.26. The van der Waals surface area contributed by atoms with Crippen molar-refractivity contribution in [2.24, 2.45) is 0 Å². The third kappa shape index (κ3) is 5.12. The molecule has 2 aromatic rings. The van der Waals surface area contributed by atoms with Crippen molar-refractivity contribution in [3.63, 3.8) is 0 Å². The standard InChI is InChI=1S/C14H14Cl2N2O2S/c1-21(19,20)18-12-5-3-11(4-6-12)17-9-10-2-7-13(15)14(16)8-10/h2-8,17-18H,9H2,1H3. The molecule has 0 atom stereocenters. The Hall–Kier alpha value is -1.43. The van der Waals surface area contributed by atoms with Crippen LogP contribution in [0.1, 0.15) is 5.56 Å². The maximum absolute atomic E-state index is 11.1. The van der Waals surface area contributed by atoms with Crippen molar-refractivity contribution in [2.75, 3.05) is 16.3 Å². The molecule has 4 nitrogen and oxygen atoms in total. The smallest absolute Gasteiger partial charge is 0.229 e. The minimum atomic E-state index is -3.25. The van der Waals surface area contributed by atoms with Crippen molar-refractivity contribution in [1.82, 2.24) is 0 Å². The molecule has 0 bridgehead atoms. The van der Waals surface area contributed by atoms with E-state index in [0.717, 1.165) is 17.5 Å². The monoisotopic (exact) mass is 344 g/mol. The van der Waals surface area contributed by atoms with Crippen molar-refractivity contribution in [3.8, 4) is 0 Å². The Bertz CT molecular complexity index is 731. The predicted molar refractivity (Wildman–Crippen MR) is 88.7 cm³/mol. The Balaban J connectivity index is 1.99. The van der Waals surface area contributed by atoms with E-state index in [0.29, 0.717) is 22.3 Å². The number of halogens is 2. The van der Waals surface area contributed by atoms with Gasteiger partial charge in [0, 0.05) is 17.9 Å². The summed E-state index contributed by atoms with van der Waals surface area (Å²) in [4.78, 5) is 0. The molecule has 21 heavy (non-hydrogen) atoms. The van der Waals surface area contributed by atoms with Crippen LogP contribution in [0, 0.1) is 0 Å². The zero-order valence-electron chi connectivity index (χ0n) is 11.2. The van der Waals surface area contributed by atoms with Crippen LogP contribution >= 0.6 is 23.2 Å². The fourth-order valence-corrected chi connectivity index (χ4v) is 2.61. The molecule has 2 rings (SSSR count). The quantitative estimate of drug-likeness (QED) is 0.862. The average Bonchev–Trinajstić information content (AvgIpc) is 2.40. The lowest BCUT2D eigenvalue weighted by Gasteiger charge is -2.09. The number of hydrogen-bond donors (Lipinski definition) is 2. The predicted octanol–water partition coefficient (Wildman–Crippen LogP) is 3.98. The van der Waals surface area contributed by atoms with E-state index in [9.17, 15) is 8.42 Å². The van der Waals surface area contributed by atoms with E-state index >= 15 is 0 Å². The summed E-state index contributed by atoms with van der Waals surface area (Å²) in [6.45, 7) is 0.593. The highest BCUT2D eigenvalue weighted by Crippen LogP contribution is 2.23. The summed E-state index contributed by atoms with van der Waals surface area (Å²) >= 11 is 11.8. The van der Waals surface area contributed by atoms with Crippen LogP contribution in [0.15, 0.2) is 42.5 Å². The summed E-state index contributed by atoms with van der Waals surface area (Å²) in [5.74, 6) is 0. The van der Waals surface area contributed by atoms with Gasteiger partial charge in [-0.25, -0.2) is 8.42 Å². The molecule has 0 heterocycles. The van der Waals surface area contributed by atoms with Gasteiger partial charge in [0.2, 0.25) is 10.0 Å². The van der Waals surface area contributed by atoms with Crippen LogP contribution in [0.4, 0.5) is 11.4 Å². The second-order valence-corrected chi connectivity index (χ2v) is 7.12. The molecule has 0 fully saturated rings. The van der Waals surface area contributed by atoms with Gasteiger partial charge in [-0.1, -0.05) is 29.3 Å². The molecule has 7 heteroatoms. The fraction of sp³-hybridized carbons (Fsp3) is 0.143. The molecule has 0 aliphatic heterocycles. The highest BCUT2D eigenvalue weighted by atomic mass is 35.5. The maximum Gasteiger partial charge on any atom is 0.229 e. The molecule has 0 aliphatic rings. The lowest BCUT2D eigenvalue weighted by Crippen LogP contribution is -2.09. The molecule has 0 saturated carbocycles. The van der Waals surface area contributed by atoms with E-state index in [2.05, 4.69) is 10.0 Å². The zero-order chi connectivity index (χ0) is 15.5. The van der Waals surface area contributed by atoms with Gasteiger partial charge in [0.25, 0.3) is 0 Å². The SMILES string of the molecule is CS(=O)(=O)Nc1ccc(NCc2ccc(Cl)c(Cl)c2)cc1. The van der Waals surface area contributed by atoms with Crippen LogP contribution in [-0.2, 0) is 16.6 Å². The topological polar surface area (TPSA) is 58.2 Å². The molecule has 0 saturated heterocycles. The largest absolute Gasteiger partial charge is 0.381 e. The summed E-state index contributed by atoms with van der Waals surface area (Å²) < 4.78 is 24.6. The summed E-state index contributed by atoms with van der Waals surface area (Å²) in [6.07, 6.45) is 1.11. The Morgan fingerprint density at radius 3 is 2.14 bits per heavy atom. The third-order valence-electron chi connectivity index (χ3n) is 2.67. The highest BCUT2D eigenvalue weighted by molar-refractivity contribution is 7.92. The molecule has 2 aromatic carbocycles. The van der Waals surface area contributed by atoms with Crippen molar-refractivity contribution in [3.05, 3.63) is 58.1 Å². The number of anilines is 2. The summed E-state index contributed by atoms with van der Waals surface area (Å²) in [6, 6.07) is 12.4. The molecule has 112 valence electrons. The zero-order valence-corrected chi connectivity index (χ0v) is 13.6.